The molecule has 0 atom stereocenters. The number of hydrogen-bond donors (Lipinski definition) is 2. The Morgan fingerprint density at radius 2 is 1.70 bits per heavy atom. The van der Waals surface area contributed by atoms with E-state index in [4.69, 9.17) is 9.47 Å². The molecule has 0 saturated carbocycles. The van der Waals surface area contributed by atoms with Crippen LogP contribution in [0.25, 0.3) is 0 Å². The van der Waals surface area contributed by atoms with Gasteiger partial charge >= 0.3 is 0 Å². The van der Waals surface area contributed by atoms with Gasteiger partial charge < -0.3 is 20.1 Å². The predicted octanol–water partition coefficient (Wildman–Crippen LogP) is 2.72. The molecule has 0 aliphatic rings. The number of benzene rings is 2. The van der Waals surface area contributed by atoms with E-state index >= 15 is 0 Å². The number of carbonyl (C=O) groups is 1. The fourth-order valence-electron chi connectivity index (χ4n) is 2.30. The van der Waals surface area contributed by atoms with Crippen molar-refractivity contribution in [3.63, 3.8) is 0 Å². The second-order valence-corrected chi connectivity index (χ2v) is 5.07. The second kappa shape index (κ2) is 8.19. The van der Waals surface area contributed by atoms with E-state index in [1.165, 1.54) is 0 Å². The van der Waals surface area contributed by atoms with Gasteiger partial charge in [-0.15, -0.1) is 0 Å². The van der Waals surface area contributed by atoms with Crippen LogP contribution in [0.1, 0.15) is 15.9 Å². The fourth-order valence-corrected chi connectivity index (χ4v) is 2.30. The van der Waals surface area contributed by atoms with Crippen LogP contribution < -0.4 is 20.1 Å². The number of carbonyl (C=O) groups excluding carboxylic acids is 1. The maximum atomic E-state index is 12.6. The molecule has 5 heteroatoms. The summed E-state index contributed by atoms with van der Waals surface area (Å²) in [6.45, 7) is 0.817. The molecule has 0 fully saturated rings. The molecule has 0 aliphatic heterocycles. The molecule has 0 aromatic heterocycles. The zero-order chi connectivity index (χ0) is 16.7. The number of hydrogen-bond acceptors (Lipinski definition) is 4. The summed E-state index contributed by atoms with van der Waals surface area (Å²) >= 11 is 0. The van der Waals surface area contributed by atoms with Crippen LogP contribution in [-0.2, 0) is 6.42 Å². The van der Waals surface area contributed by atoms with Crippen molar-refractivity contribution >= 4 is 11.6 Å². The number of amides is 1. The molecule has 0 unspecified atom stereocenters. The molecule has 5 nitrogen and oxygen atoms in total. The highest BCUT2D eigenvalue weighted by molar-refractivity contribution is 6.05. The second-order valence-electron chi connectivity index (χ2n) is 5.07. The van der Waals surface area contributed by atoms with Crippen molar-refractivity contribution < 1.29 is 14.3 Å². The van der Waals surface area contributed by atoms with Crippen LogP contribution in [0.5, 0.6) is 11.5 Å². The zero-order valence-corrected chi connectivity index (χ0v) is 13.7. The van der Waals surface area contributed by atoms with Crippen molar-refractivity contribution in [3.05, 3.63) is 53.6 Å². The zero-order valence-electron chi connectivity index (χ0n) is 13.7. The molecule has 2 rings (SSSR count). The van der Waals surface area contributed by atoms with E-state index < -0.39 is 0 Å². The summed E-state index contributed by atoms with van der Waals surface area (Å²) in [7, 11) is 5.05. The van der Waals surface area contributed by atoms with E-state index in [9.17, 15) is 4.79 Å². The first-order valence-corrected chi connectivity index (χ1v) is 7.45. The summed E-state index contributed by atoms with van der Waals surface area (Å²) in [4.78, 5) is 12.6. The topological polar surface area (TPSA) is 59.6 Å². The molecule has 0 radical (unpaired) electrons. The van der Waals surface area contributed by atoms with Gasteiger partial charge in [0.15, 0.2) is 0 Å². The van der Waals surface area contributed by atoms with Crippen molar-refractivity contribution in [1.29, 1.82) is 0 Å². The van der Waals surface area contributed by atoms with E-state index in [0.717, 1.165) is 18.5 Å². The van der Waals surface area contributed by atoms with Gasteiger partial charge in [-0.2, -0.15) is 0 Å². The summed E-state index contributed by atoms with van der Waals surface area (Å²) in [5.74, 6) is 1.11. The summed E-state index contributed by atoms with van der Waals surface area (Å²) < 4.78 is 10.4. The first-order valence-electron chi connectivity index (χ1n) is 7.45. The van der Waals surface area contributed by atoms with Gasteiger partial charge in [0.1, 0.15) is 11.5 Å². The van der Waals surface area contributed by atoms with Crippen LogP contribution in [0.4, 0.5) is 5.69 Å². The number of likely N-dealkylation sites (N-methyl/N-ethyl adjacent to an activating group) is 1. The Kier molecular flexibility index (Phi) is 6.00. The smallest absolute Gasteiger partial charge is 0.255 e. The lowest BCUT2D eigenvalue weighted by Crippen LogP contribution is -2.17. The number of rotatable bonds is 7. The Balaban J connectivity index is 2.22. The van der Waals surface area contributed by atoms with Crippen molar-refractivity contribution in [2.24, 2.45) is 0 Å². The minimum Gasteiger partial charge on any atom is -0.497 e. The average Bonchev–Trinajstić information content (AvgIpc) is 2.59. The fraction of sp³-hybridized carbons (Fsp3) is 0.278. The normalized spacial score (nSPS) is 10.2. The van der Waals surface area contributed by atoms with Gasteiger partial charge in [-0.25, -0.2) is 0 Å². The van der Waals surface area contributed by atoms with Gasteiger partial charge in [-0.1, -0.05) is 18.2 Å². The molecule has 2 aromatic rings. The number of nitrogens with one attached hydrogen (secondary N) is 2. The van der Waals surface area contributed by atoms with E-state index in [0.29, 0.717) is 22.7 Å². The molecule has 1 amide bonds. The van der Waals surface area contributed by atoms with E-state index in [1.807, 2.05) is 31.3 Å². The van der Waals surface area contributed by atoms with Crippen molar-refractivity contribution in [1.82, 2.24) is 5.32 Å². The molecule has 2 aromatic carbocycles. The monoisotopic (exact) mass is 314 g/mol. The highest BCUT2D eigenvalue weighted by atomic mass is 16.5. The Bertz CT molecular complexity index is 649. The van der Waals surface area contributed by atoms with Crippen LogP contribution in [0.3, 0.4) is 0 Å². The summed E-state index contributed by atoms with van der Waals surface area (Å²) in [5, 5.41) is 6.00. The Labute approximate surface area is 136 Å². The number of anilines is 1. The Hall–Kier alpha value is -2.53. The van der Waals surface area contributed by atoms with Gasteiger partial charge in [0.25, 0.3) is 5.91 Å². The highest BCUT2D eigenvalue weighted by Gasteiger charge is 2.12. The Morgan fingerprint density at radius 1 is 1.04 bits per heavy atom. The quantitative estimate of drug-likeness (QED) is 0.825. The lowest BCUT2D eigenvalue weighted by atomic mass is 10.0. The lowest BCUT2D eigenvalue weighted by Gasteiger charge is -2.12. The van der Waals surface area contributed by atoms with Crippen LogP contribution in [-0.4, -0.2) is 33.7 Å². The van der Waals surface area contributed by atoms with E-state index in [-0.39, 0.29) is 5.91 Å². The highest BCUT2D eigenvalue weighted by Crippen LogP contribution is 2.26. The van der Waals surface area contributed by atoms with Gasteiger partial charge in [-0.05, 0) is 31.6 Å². The van der Waals surface area contributed by atoms with E-state index in [2.05, 4.69) is 10.6 Å². The maximum Gasteiger partial charge on any atom is 0.255 e. The predicted molar refractivity (Wildman–Crippen MR) is 91.6 cm³/mol. The van der Waals surface area contributed by atoms with Gasteiger partial charge in [0.05, 0.1) is 14.2 Å². The van der Waals surface area contributed by atoms with Crippen LogP contribution in [0.2, 0.25) is 0 Å². The third-order valence-corrected chi connectivity index (χ3v) is 3.52. The van der Waals surface area contributed by atoms with Gasteiger partial charge in [0, 0.05) is 29.4 Å². The first kappa shape index (κ1) is 16.8. The van der Waals surface area contributed by atoms with E-state index in [1.54, 1.807) is 32.4 Å². The summed E-state index contributed by atoms with van der Waals surface area (Å²) in [6, 6.07) is 12.9. The SMILES string of the molecule is CNCCc1ccccc1C(=O)Nc1cc(OC)cc(OC)c1. The largest absolute Gasteiger partial charge is 0.497 e. The van der Waals surface area contributed by atoms with Gasteiger partial charge in [-0.3, -0.25) is 4.79 Å². The lowest BCUT2D eigenvalue weighted by molar-refractivity contribution is 0.102. The van der Waals surface area contributed by atoms with Crippen molar-refractivity contribution in [3.8, 4) is 11.5 Å². The van der Waals surface area contributed by atoms with Crippen LogP contribution in [0, 0.1) is 0 Å². The molecule has 23 heavy (non-hydrogen) atoms. The average molecular weight is 314 g/mol. The first-order chi connectivity index (χ1) is 11.2. The number of methoxy groups -OCH3 is 2. The van der Waals surface area contributed by atoms with Crippen LogP contribution in [0.15, 0.2) is 42.5 Å². The molecule has 0 bridgehead atoms. The van der Waals surface area contributed by atoms with Gasteiger partial charge in [0.2, 0.25) is 0 Å². The molecular formula is C18H22N2O3. The molecule has 2 N–H and O–H groups in total. The molecular weight excluding hydrogens is 292 g/mol. The molecule has 0 heterocycles. The van der Waals surface area contributed by atoms with Crippen LogP contribution >= 0.6 is 0 Å². The molecule has 0 spiro atoms. The summed E-state index contributed by atoms with van der Waals surface area (Å²) in [6.07, 6.45) is 0.793. The molecule has 0 aliphatic carbocycles. The Morgan fingerprint density at radius 3 is 2.30 bits per heavy atom. The minimum absolute atomic E-state index is 0.146. The minimum atomic E-state index is -0.146. The number of ether oxygens (including phenoxy) is 2. The van der Waals surface area contributed by atoms with Crippen molar-refractivity contribution in [2.75, 3.05) is 33.1 Å². The third-order valence-electron chi connectivity index (χ3n) is 3.52. The third kappa shape index (κ3) is 4.47. The van der Waals surface area contributed by atoms with Crippen molar-refractivity contribution in [2.45, 2.75) is 6.42 Å². The standard InChI is InChI=1S/C18H22N2O3/c1-19-9-8-13-6-4-5-7-17(13)18(21)20-14-10-15(22-2)12-16(11-14)23-3/h4-7,10-12,19H,8-9H2,1-3H3,(H,20,21). The molecule has 122 valence electrons. The molecule has 0 saturated heterocycles. The maximum absolute atomic E-state index is 12.6. The summed E-state index contributed by atoms with van der Waals surface area (Å²) in [5.41, 5.74) is 2.31.